The Kier molecular flexibility index (Phi) is 8.90. The van der Waals surface area contributed by atoms with Crippen molar-refractivity contribution in [3.63, 3.8) is 0 Å². The predicted molar refractivity (Wildman–Crippen MR) is 73.0 cm³/mol. The van der Waals surface area contributed by atoms with E-state index in [1.165, 1.54) is 24.8 Å². The third-order valence-electron chi connectivity index (χ3n) is 2.37. The fourth-order valence-corrected chi connectivity index (χ4v) is 2.50. The number of unbranched alkanes of at least 4 members (excludes halogenated alkanes) is 3. The summed E-state index contributed by atoms with van der Waals surface area (Å²) < 4.78 is 11.6. The molecule has 0 fully saturated rings. The Morgan fingerprint density at radius 2 is 1.75 bits per heavy atom. The van der Waals surface area contributed by atoms with Crippen LogP contribution < -0.4 is 0 Å². The van der Waals surface area contributed by atoms with E-state index >= 15 is 0 Å². The van der Waals surface area contributed by atoms with Gasteiger partial charge in [0.15, 0.2) is 0 Å². The molecule has 0 aromatic carbocycles. The van der Waals surface area contributed by atoms with E-state index in [2.05, 4.69) is 39.9 Å². The summed E-state index contributed by atoms with van der Waals surface area (Å²) in [6, 6.07) is 0. The fraction of sp³-hybridized carbons (Fsp3) is 0.846. The Morgan fingerprint density at radius 3 is 2.31 bits per heavy atom. The lowest BCUT2D eigenvalue weighted by atomic mass is 10.2. The van der Waals surface area contributed by atoms with Crippen LogP contribution in [-0.2, 0) is 8.85 Å². The third-order valence-corrected chi connectivity index (χ3v) is 4.13. The molecule has 0 unspecified atom stereocenters. The molecular formula is C13H28O2Si. The Labute approximate surface area is 102 Å². The Morgan fingerprint density at radius 1 is 1.06 bits per heavy atom. The van der Waals surface area contributed by atoms with Crippen molar-refractivity contribution < 1.29 is 8.85 Å². The van der Waals surface area contributed by atoms with Crippen LogP contribution in [0.4, 0.5) is 0 Å². The summed E-state index contributed by atoms with van der Waals surface area (Å²) in [6.45, 7) is 12.2. The molecule has 0 saturated heterocycles. The van der Waals surface area contributed by atoms with Crippen LogP contribution in [0.25, 0.3) is 0 Å². The van der Waals surface area contributed by atoms with Crippen molar-refractivity contribution in [1.82, 2.24) is 0 Å². The van der Waals surface area contributed by atoms with Crippen LogP contribution in [0.3, 0.4) is 0 Å². The van der Waals surface area contributed by atoms with Crippen molar-refractivity contribution in [1.29, 1.82) is 0 Å². The molecule has 0 atom stereocenters. The largest absolute Gasteiger partial charge is 0.395 e. The van der Waals surface area contributed by atoms with Crippen molar-refractivity contribution in [2.24, 2.45) is 0 Å². The molecule has 0 radical (unpaired) electrons. The molecule has 96 valence electrons. The normalized spacial score (nSPS) is 11.6. The van der Waals surface area contributed by atoms with Crippen LogP contribution in [0.5, 0.6) is 0 Å². The van der Waals surface area contributed by atoms with Gasteiger partial charge in [0.2, 0.25) is 0 Å². The van der Waals surface area contributed by atoms with Gasteiger partial charge in [-0.2, -0.15) is 0 Å². The summed E-state index contributed by atoms with van der Waals surface area (Å²) in [5.74, 6) is 0. The van der Waals surface area contributed by atoms with E-state index < -0.39 is 8.56 Å². The highest BCUT2D eigenvalue weighted by atomic mass is 28.4. The minimum Gasteiger partial charge on any atom is -0.395 e. The van der Waals surface area contributed by atoms with E-state index in [4.69, 9.17) is 8.85 Å². The molecule has 0 aliphatic carbocycles. The lowest BCUT2D eigenvalue weighted by Crippen LogP contribution is -2.35. The second-order valence-corrected chi connectivity index (χ2v) is 8.28. The zero-order chi connectivity index (χ0) is 12.4. The van der Waals surface area contributed by atoms with E-state index in [-0.39, 0.29) is 0 Å². The van der Waals surface area contributed by atoms with Gasteiger partial charge in [0.25, 0.3) is 0 Å². The van der Waals surface area contributed by atoms with Gasteiger partial charge in [-0.25, -0.2) is 0 Å². The maximum atomic E-state index is 5.85. The van der Waals surface area contributed by atoms with Crippen LogP contribution >= 0.6 is 0 Å². The summed E-state index contributed by atoms with van der Waals surface area (Å²) >= 11 is 0. The summed E-state index contributed by atoms with van der Waals surface area (Å²) in [7, 11) is -1.87. The second kappa shape index (κ2) is 8.96. The minimum atomic E-state index is -1.87. The van der Waals surface area contributed by atoms with Crippen LogP contribution in [0.1, 0.15) is 46.5 Å². The predicted octanol–water partition coefficient (Wildman–Crippen LogP) is 4.27. The van der Waals surface area contributed by atoms with Gasteiger partial charge in [-0.3, -0.25) is 0 Å². The molecule has 0 aromatic rings. The van der Waals surface area contributed by atoms with Crippen LogP contribution in [0.2, 0.25) is 13.1 Å². The Hall–Kier alpha value is -0.123. The highest BCUT2D eigenvalue weighted by molar-refractivity contribution is 6.64. The first-order valence-electron chi connectivity index (χ1n) is 6.39. The maximum Gasteiger partial charge on any atom is 0.331 e. The Bertz CT molecular complexity index is 196. The number of allylic oxidation sites excluding steroid dienone is 1. The summed E-state index contributed by atoms with van der Waals surface area (Å²) in [4.78, 5) is 0. The van der Waals surface area contributed by atoms with E-state index in [1.54, 1.807) is 0 Å². The number of hydrogen-bond acceptors (Lipinski definition) is 2. The van der Waals surface area contributed by atoms with E-state index in [0.717, 1.165) is 13.0 Å². The average molecular weight is 244 g/mol. The van der Waals surface area contributed by atoms with Gasteiger partial charge < -0.3 is 8.85 Å². The molecule has 0 N–H and O–H groups in total. The topological polar surface area (TPSA) is 18.5 Å². The van der Waals surface area contributed by atoms with Gasteiger partial charge in [-0.1, -0.05) is 37.8 Å². The number of hydrogen-bond donors (Lipinski definition) is 0. The molecule has 0 aromatic heterocycles. The summed E-state index contributed by atoms with van der Waals surface area (Å²) in [5, 5.41) is 0. The van der Waals surface area contributed by atoms with Gasteiger partial charge in [0, 0.05) is 6.61 Å². The molecule has 0 saturated carbocycles. The van der Waals surface area contributed by atoms with Gasteiger partial charge in [0.1, 0.15) is 0 Å². The van der Waals surface area contributed by atoms with Crippen molar-refractivity contribution in [2.75, 3.05) is 13.2 Å². The first kappa shape index (κ1) is 15.9. The standard InChI is InChI=1S/C13H28O2Si/c1-6-7-8-9-11-14-16(4,5)15-12-10-13(2)3/h10H,6-9,11-12H2,1-5H3. The van der Waals surface area contributed by atoms with Crippen molar-refractivity contribution in [3.8, 4) is 0 Å². The van der Waals surface area contributed by atoms with E-state index in [0.29, 0.717) is 6.61 Å². The highest BCUT2D eigenvalue weighted by Gasteiger charge is 2.23. The van der Waals surface area contributed by atoms with Gasteiger partial charge in [0.05, 0.1) is 6.61 Å². The van der Waals surface area contributed by atoms with E-state index in [9.17, 15) is 0 Å². The second-order valence-electron chi connectivity index (χ2n) is 4.90. The molecule has 0 spiro atoms. The maximum absolute atomic E-state index is 5.85. The quantitative estimate of drug-likeness (QED) is 0.342. The molecule has 2 nitrogen and oxygen atoms in total. The first-order valence-corrected chi connectivity index (χ1v) is 9.21. The SMILES string of the molecule is CCCCCCO[Si](C)(C)OCC=C(C)C. The molecular weight excluding hydrogens is 216 g/mol. The van der Waals surface area contributed by atoms with Crippen molar-refractivity contribution >= 4 is 8.56 Å². The zero-order valence-corrected chi connectivity index (χ0v) is 12.6. The van der Waals surface area contributed by atoms with Crippen molar-refractivity contribution in [3.05, 3.63) is 11.6 Å². The van der Waals surface area contributed by atoms with Crippen LogP contribution in [-0.4, -0.2) is 21.8 Å². The lowest BCUT2D eigenvalue weighted by molar-refractivity contribution is 0.190. The molecule has 3 heteroatoms. The molecule has 0 heterocycles. The first-order chi connectivity index (χ1) is 7.48. The van der Waals surface area contributed by atoms with Crippen LogP contribution in [0.15, 0.2) is 11.6 Å². The van der Waals surface area contributed by atoms with Gasteiger partial charge >= 0.3 is 8.56 Å². The molecule has 0 bridgehead atoms. The molecule has 0 aliphatic rings. The molecule has 0 amide bonds. The molecule has 0 rings (SSSR count). The van der Waals surface area contributed by atoms with Crippen molar-refractivity contribution in [2.45, 2.75) is 59.5 Å². The van der Waals surface area contributed by atoms with Crippen LogP contribution in [0, 0.1) is 0 Å². The number of rotatable bonds is 9. The Balaban J connectivity index is 3.57. The smallest absolute Gasteiger partial charge is 0.331 e. The average Bonchev–Trinajstić information content (AvgIpc) is 2.16. The minimum absolute atomic E-state index is 0.691. The molecule has 16 heavy (non-hydrogen) atoms. The highest BCUT2D eigenvalue weighted by Crippen LogP contribution is 2.09. The van der Waals surface area contributed by atoms with Gasteiger partial charge in [-0.05, 0) is 33.4 Å². The van der Waals surface area contributed by atoms with E-state index in [1.807, 2.05) is 0 Å². The zero-order valence-electron chi connectivity index (χ0n) is 11.6. The summed E-state index contributed by atoms with van der Waals surface area (Å²) in [5.41, 5.74) is 1.30. The lowest BCUT2D eigenvalue weighted by Gasteiger charge is -2.22. The fourth-order valence-electron chi connectivity index (χ4n) is 1.30. The van der Waals surface area contributed by atoms with Gasteiger partial charge in [-0.15, -0.1) is 0 Å². The monoisotopic (exact) mass is 244 g/mol. The summed E-state index contributed by atoms with van der Waals surface area (Å²) in [6.07, 6.45) is 7.13. The third kappa shape index (κ3) is 10.4. The molecule has 0 aliphatic heterocycles.